The topological polar surface area (TPSA) is 49.6 Å². The zero-order valence-corrected chi connectivity index (χ0v) is 15.3. The van der Waals surface area contributed by atoms with Crippen molar-refractivity contribution < 1.29 is 4.79 Å². The second-order valence-corrected chi connectivity index (χ2v) is 6.43. The van der Waals surface area contributed by atoms with E-state index < -0.39 is 5.41 Å². The van der Waals surface area contributed by atoms with E-state index in [4.69, 9.17) is 18.0 Å². The Kier molecular flexibility index (Phi) is 9.79. The van der Waals surface area contributed by atoms with Crippen LogP contribution in [0, 0.1) is 5.41 Å². The first kappa shape index (κ1) is 20.3. The van der Waals surface area contributed by atoms with E-state index in [1.807, 2.05) is 25.9 Å². The largest absolute Gasteiger partial charge is 0.392 e. The van der Waals surface area contributed by atoms with Crippen LogP contribution in [0.3, 0.4) is 0 Å². The summed E-state index contributed by atoms with van der Waals surface area (Å²) in [6.07, 6.45) is 4.30. The minimum Gasteiger partial charge on any atom is -0.392 e. The van der Waals surface area contributed by atoms with Crippen molar-refractivity contribution in [3.63, 3.8) is 0 Å². The summed E-state index contributed by atoms with van der Waals surface area (Å²) in [5.41, 5.74) is 5.34. The average molecular weight is 316 g/mol. The molecular formula is C16H33N3OS. The summed E-state index contributed by atoms with van der Waals surface area (Å²) < 4.78 is 0. The average Bonchev–Trinajstić information content (AvgIpc) is 2.42. The summed E-state index contributed by atoms with van der Waals surface area (Å²) in [5.74, 6) is 0.125. The summed E-state index contributed by atoms with van der Waals surface area (Å²) in [4.78, 5) is 17.5. The Bertz CT molecular complexity index is 325. The van der Waals surface area contributed by atoms with Crippen LogP contribution in [0.25, 0.3) is 0 Å². The highest BCUT2D eigenvalue weighted by Crippen LogP contribution is 2.33. The lowest BCUT2D eigenvalue weighted by Crippen LogP contribution is -2.51. The van der Waals surface area contributed by atoms with Gasteiger partial charge in [0.15, 0.2) is 0 Å². The number of nitrogens with two attached hydrogens (primary N) is 1. The van der Waals surface area contributed by atoms with E-state index in [1.165, 1.54) is 0 Å². The van der Waals surface area contributed by atoms with Gasteiger partial charge in [0.25, 0.3) is 0 Å². The van der Waals surface area contributed by atoms with Gasteiger partial charge in [-0.25, -0.2) is 0 Å². The van der Waals surface area contributed by atoms with Gasteiger partial charge in [-0.05, 0) is 46.8 Å². The highest BCUT2D eigenvalue weighted by molar-refractivity contribution is 7.80. The third-order valence-electron chi connectivity index (χ3n) is 3.94. The third-order valence-corrected chi connectivity index (χ3v) is 4.33. The zero-order chi connectivity index (χ0) is 16.5. The minimum atomic E-state index is -0.646. The van der Waals surface area contributed by atoms with E-state index in [0.717, 1.165) is 45.2 Å². The fourth-order valence-corrected chi connectivity index (χ4v) is 3.12. The number of carbonyl (C=O) groups is 1. The van der Waals surface area contributed by atoms with Crippen molar-refractivity contribution in [2.75, 3.05) is 33.7 Å². The van der Waals surface area contributed by atoms with Crippen LogP contribution in [0.5, 0.6) is 0 Å². The normalized spacial score (nSPS) is 11.7. The molecule has 1 amide bonds. The maximum absolute atomic E-state index is 13.0. The summed E-state index contributed by atoms with van der Waals surface area (Å²) in [5, 5.41) is 0. The van der Waals surface area contributed by atoms with Gasteiger partial charge in [-0.1, -0.05) is 38.9 Å². The summed E-state index contributed by atoms with van der Waals surface area (Å²) in [6, 6.07) is 0. The molecule has 4 nitrogen and oxygen atoms in total. The molecule has 0 rings (SSSR count). The van der Waals surface area contributed by atoms with Crippen LogP contribution >= 0.6 is 12.2 Å². The molecule has 124 valence electrons. The summed E-state index contributed by atoms with van der Waals surface area (Å²) in [7, 11) is 4.09. The molecule has 21 heavy (non-hydrogen) atoms. The van der Waals surface area contributed by atoms with Crippen LogP contribution in [0.2, 0.25) is 0 Å². The third kappa shape index (κ3) is 5.91. The van der Waals surface area contributed by atoms with Gasteiger partial charge in [0.2, 0.25) is 5.91 Å². The van der Waals surface area contributed by atoms with Crippen molar-refractivity contribution in [2.45, 2.75) is 52.9 Å². The fourth-order valence-electron chi connectivity index (χ4n) is 2.83. The van der Waals surface area contributed by atoms with Crippen molar-refractivity contribution in [1.29, 1.82) is 0 Å². The monoisotopic (exact) mass is 315 g/mol. The Morgan fingerprint density at radius 2 is 1.62 bits per heavy atom. The lowest BCUT2D eigenvalue weighted by Gasteiger charge is -2.36. The fraction of sp³-hybridized carbons (Fsp3) is 0.875. The molecule has 0 aliphatic carbocycles. The van der Waals surface area contributed by atoms with E-state index in [2.05, 4.69) is 18.7 Å². The van der Waals surface area contributed by atoms with Gasteiger partial charge in [0.05, 0.1) is 10.4 Å². The Morgan fingerprint density at radius 1 is 1.10 bits per heavy atom. The molecule has 0 unspecified atom stereocenters. The lowest BCUT2D eigenvalue weighted by atomic mass is 9.77. The molecule has 0 bridgehead atoms. The molecule has 0 saturated heterocycles. The second kappa shape index (κ2) is 10.1. The second-order valence-electron chi connectivity index (χ2n) is 5.99. The standard InChI is InChI=1S/C16H33N3OS/c1-6-10-16(11-7-2,14(17)21)15(20)19(8-3)13-9-12-18(4)5/h6-13H2,1-5H3,(H2,17,21). The molecule has 0 atom stereocenters. The molecule has 0 aromatic heterocycles. The number of nitrogens with zero attached hydrogens (tertiary/aromatic N) is 2. The van der Waals surface area contributed by atoms with Crippen LogP contribution in [0.4, 0.5) is 0 Å². The SMILES string of the molecule is CCCC(CCC)(C(=O)N(CC)CCCN(C)C)C(N)=S. The van der Waals surface area contributed by atoms with Crippen LogP contribution in [0.15, 0.2) is 0 Å². The van der Waals surface area contributed by atoms with Gasteiger partial charge in [0, 0.05) is 13.1 Å². The molecular weight excluding hydrogens is 282 g/mol. The smallest absolute Gasteiger partial charge is 0.235 e. The van der Waals surface area contributed by atoms with E-state index in [-0.39, 0.29) is 5.91 Å². The number of amides is 1. The Labute approximate surface area is 136 Å². The number of thiocarbonyl (C=S) groups is 1. The van der Waals surface area contributed by atoms with Gasteiger partial charge in [-0.3, -0.25) is 4.79 Å². The number of hydrogen-bond acceptors (Lipinski definition) is 3. The molecule has 2 N–H and O–H groups in total. The first-order valence-corrected chi connectivity index (χ1v) is 8.50. The van der Waals surface area contributed by atoms with E-state index >= 15 is 0 Å². The summed E-state index contributed by atoms with van der Waals surface area (Å²) in [6.45, 7) is 8.65. The highest BCUT2D eigenvalue weighted by atomic mass is 32.1. The van der Waals surface area contributed by atoms with Crippen LogP contribution in [-0.2, 0) is 4.79 Å². The van der Waals surface area contributed by atoms with E-state index in [1.54, 1.807) is 0 Å². The van der Waals surface area contributed by atoms with Crippen LogP contribution in [0.1, 0.15) is 52.9 Å². The van der Waals surface area contributed by atoms with Crippen molar-refractivity contribution >= 4 is 23.1 Å². The predicted molar refractivity (Wildman–Crippen MR) is 94.5 cm³/mol. The Balaban J connectivity index is 5.08. The maximum Gasteiger partial charge on any atom is 0.235 e. The van der Waals surface area contributed by atoms with Crippen molar-refractivity contribution in [2.24, 2.45) is 11.1 Å². The number of rotatable bonds is 11. The molecule has 0 radical (unpaired) electrons. The molecule has 0 spiro atoms. The molecule has 0 aliphatic heterocycles. The zero-order valence-electron chi connectivity index (χ0n) is 14.4. The molecule has 0 aromatic carbocycles. The Hall–Kier alpha value is -0.680. The number of carbonyl (C=O) groups excluding carboxylic acids is 1. The molecule has 0 aromatic rings. The van der Waals surface area contributed by atoms with Crippen LogP contribution < -0.4 is 5.73 Å². The minimum absolute atomic E-state index is 0.125. The number of hydrogen-bond donors (Lipinski definition) is 1. The van der Waals surface area contributed by atoms with Gasteiger partial charge < -0.3 is 15.5 Å². The quantitative estimate of drug-likeness (QED) is 0.596. The Morgan fingerprint density at radius 3 is 1.95 bits per heavy atom. The van der Waals surface area contributed by atoms with Crippen molar-refractivity contribution in [3.8, 4) is 0 Å². The molecule has 0 saturated carbocycles. The van der Waals surface area contributed by atoms with Gasteiger partial charge in [0.1, 0.15) is 0 Å². The summed E-state index contributed by atoms with van der Waals surface area (Å²) >= 11 is 5.28. The maximum atomic E-state index is 13.0. The molecule has 5 heteroatoms. The van der Waals surface area contributed by atoms with Crippen molar-refractivity contribution in [1.82, 2.24) is 9.80 Å². The van der Waals surface area contributed by atoms with Crippen LogP contribution in [-0.4, -0.2) is 54.4 Å². The molecule has 0 fully saturated rings. The highest BCUT2D eigenvalue weighted by Gasteiger charge is 2.41. The first-order valence-electron chi connectivity index (χ1n) is 8.09. The van der Waals surface area contributed by atoms with Gasteiger partial charge >= 0.3 is 0 Å². The van der Waals surface area contributed by atoms with Gasteiger partial charge in [-0.15, -0.1) is 0 Å². The predicted octanol–water partition coefficient (Wildman–Crippen LogP) is 2.66. The van der Waals surface area contributed by atoms with E-state index in [9.17, 15) is 4.79 Å². The molecule has 0 aliphatic rings. The van der Waals surface area contributed by atoms with E-state index in [0.29, 0.717) is 11.5 Å². The first-order chi connectivity index (χ1) is 9.85. The lowest BCUT2D eigenvalue weighted by molar-refractivity contribution is -0.139. The van der Waals surface area contributed by atoms with Gasteiger partial charge in [-0.2, -0.15) is 0 Å². The van der Waals surface area contributed by atoms with Crippen molar-refractivity contribution in [3.05, 3.63) is 0 Å². The molecule has 0 heterocycles.